The molecule has 0 saturated carbocycles. The van der Waals surface area contributed by atoms with Gasteiger partial charge in [0, 0.05) is 17.8 Å². The molecule has 0 aliphatic heterocycles. The number of benzene rings is 1. The smallest absolute Gasteiger partial charge is 0.416 e. The van der Waals surface area contributed by atoms with Crippen LogP contribution in [0.25, 0.3) is 0 Å². The van der Waals surface area contributed by atoms with Crippen LogP contribution in [0.5, 0.6) is 0 Å². The minimum atomic E-state index is -4.54. The van der Waals surface area contributed by atoms with E-state index in [0.717, 1.165) is 30.4 Å². The summed E-state index contributed by atoms with van der Waals surface area (Å²) in [5, 5.41) is 2.16. The highest BCUT2D eigenvalue weighted by Gasteiger charge is 2.30. The summed E-state index contributed by atoms with van der Waals surface area (Å²) in [5.74, 6) is -2.54. The molecule has 0 aliphatic rings. The van der Waals surface area contributed by atoms with E-state index in [2.05, 4.69) is 14.8 Å². The summed E-state index contributed by atoms with van der Waals surface area (Å²) in [5.41, 5.74) is -1.01. The number of rotatable bonds is 6. The fraction of sp³-hybridized carbons (Fsp3) is 0.267. The Morgan fingerprint density at radius 1 is 1.12 bits per heavy atom. The zero-order valence-electron chi connectivity index (χ0n) is 12.6. The van der Waals surface area contributed by atoms with Crippen molar-refractivity contribution in [3.8, 4) is 0 Å². The van der Waals surface area contributed by atoms with Crippen LogP contribution in [0.2, 0.25) is 0 Å². The van der Waals surface area contributed by atoms with Gasteiger partial charge in [-0.3, -0.25) is 4.79 Å². The van der Waals surface area contributed by atoms with Crippen LogP contribution in [-0.4, -0.2) is 31.1 Å². The standard InChI is InChI=1S/C15H14F3NO5/c1-2-23-13(21)6-7-14(22)24-9-12(20)19-11-5-3-4-10(8-11)15(16,17)18/h3-8H,2,9H2,1H3,(H,19,20)/b7-6+. The zero-order chi connectivity index (χ0) is 18.2. The van der Waals surface area contributed by atoms with Gasteiger partial charge in [0.05, 0.1) is 12.2 Å². The molecule has 0 aromatic heterocycles. The van der Waals surface area contributed by atoms with Crippen LogP contribution in [-0.2, 0) is 30.0 Å². The van der Waals surface area contributed by atoms with E-state index in [1.807, 2.05) is 0 Å². The van der Waals surface area contributed by atoms with Gasteiger partial charge in [0.15, 0.2) is 6.61 Å². The summed E-state index contributed by atoms with van der Waals surface area (Å²) in [6.45, 7) is 1.00. The molecule has 0 fully saturated rings. The van der Waals surface area contributed by atoms with Crippen molar-refractivity contribution in [2.75, 3.05) is 18.5 Å². The molecule has 0 bridgehead atoms. The van der Waals surface area contributed by atoms with E-state index in [9.17, 15) is 27.6 Å². The second-order valence-corrected chi connectivity index (χ2v) is 4.32. The van der Waals surface area contributed by atoms with E-state index in [-0.39, 0.29) is 12.3 Å². The minimum Gasteiger partial charge on any atom is -0.463 e. The molecule has 1 rings (SSSR count). The van der Waals surface area contributed by atoms with E-state index in [0.29, 0.717) is 0 Å². The monoisotopic (exact) mass is 345 g/mol. The van der Waals surface area contributed by atoms with Gasteiger partial charge in [0.25, 0.3) is 5.91 Å². The molecule has 0 saturated heterocycles. The van der Waals surface area contributed by atoms with Gasteiger partial charge in [-0.25, -0.2) is 9.59 Å². The molecule has 1 aromatic rings. The van der Waals surface area contributed by atoms with Gasteiger partial charge in [-0.2, -0.15) is 13.2 Å². The summed E-state index contributed by atoms with van der Waals surface area (Å²) in [6.07, 6.45) is -2.93. The Labute approximate surface area is 135 Å². The number of anilines is 1. The fourth-order valence-electron chi connectivity index (χ4n) is 1.48. The Morgan fingerprint density at radius 2 is 1.75 bits per heavy atom. The van der Waals surface area contributed by atoms with Crippen molar-refractivity contribution < 1.29 is 37.0 Å². The predicted octanol–water partition coefficient (Wildman–Crippen LogP) is 2.31. The first-order valence-electron chi connectivity index (χ1n) is 6.71. The molecule has 9 heteroatoms. The van der Waals surface area contributed by atoms with Crippen LogP contribution in [0.3, 0.4) is 0 Å². The number of halogens is 3. The molecular weight excluding hydrogens is 331 g/mol. The largest absolute Gasteiger partial charge is 0.463 e. The molecule has 0 radical (unpaired) electrons. The molecule has 0 spiro atoms. The minimum absolute atomic E-state index is 0.0899. The van der Waals surface area contributed by atoms with Gasteiger partial charge in [-0.05, 0) is 25.1 Å². The Kier molecular flexibility index (Phi) is 6.97. The third-order valence-electron chi connectivity index (χ3n) is 2.46. The van der Waals surface area contributed by atoms with E-state index in [1.165, 1.54) is 6.07 Å². The lowest BCUT2D eigenvalue weighted by Gasteiger charge is -2.09. The summed E-state index contributed by atoms with van der Waals surface area (Å²) in [4.78, 5) is 33.7. The maximum atomic E-state index is 12.5. The van der Waals surface area contributed by atoms with Crippen LogP contribution in [0.1, 0.15) is 12.5 Å². The fourth-order valence-corrected chi connectivity index (χ4v) is 1.48. The molecule has 1 N–H and O–H groups in total. The Balaban J connectivity index is 2.50. The molecule has 0 atom stereocenters. The number of alkyl halides is 3. The number of nitrogens with one attached hydrogen (secondary N) is 1. The summed E-state index contributed by atoms with van der Waals surface area (Å²) < 4.78 is 46.7. The van der Waals surface area contributed by atoms with Gasteiger partial charge in [-0.15, -0.1) is 0 Å². The van der Waals surface area contributed by atoms with Crippen LogP contribution in [0.15, 0.2) is 36.4 Å². The molecule has 130 valence electrons. The molecule has 6 nitrogen and oxygen atoms in total. The number of carbonyl (C=O) groups is 3. The van der Waals surface area contributed by atoms with Crippen molar-refractivity contribution in [1.82, 2.24) is 0 Å². The first-order chi connectivity index (χ1) is 11.2. The average molecular weight is 345 g/mol. The average Bonchev–Trinajstić information content (AvgIpc) is 2.50. The summed E-state index contributed by atoms with van der Waals surface area (Å²) in [7, 11) is 0. The normalized spacial score (nSPS) is 11.2. The SMILES string of the molecule is CCOC(=O)/C=C/C(=O)OCC(=O)Nc1cccc(C(F)(F)F)c1. The summed E-state index contributed by atoms with van der Waals surface area (Å²) >= 11 is 0. The van der Waals surface area contributed by atoms with Crippen LogP contribution in [0, 0.1) is 0 Å². The van der Waals surface area contributed by atoms with Crippen molar-refractivity contribution >= 4 is 23.5 Å². The quantitative estimate of drug-likeness (QED) is 0.632. The van der Waals surface area contributed by atoms with Crippen molar-refractivity contribution in [3.63, 3.8) is 0 Å². The van der Waals surface area contributed by atoms with Gasteiger partial charge in [0.2, 0.25) is 0 Å². The number of amides is 1. The lowest BCUT2D eigenvalue weighted by Crippen LogP contribution is -2.20. The molecular formula is C15H14F3NO5. The number of hydrogen-bond donors (Lipinski definition) is 1. The van der Waals surface area contributed by atoms with E-state index >= 15 is 0 Å². The van der Waals surface area contributed by atoms with Crippen molar-refractivity contribution in [3.05, 3.63) is 42.0 Å². The first-order valence-corrected chi connectivity index (χ1v) is 6.71. The third kappa shape index (κ3) is 6.95. The lowest BCUT2D eigenvalue weighted by atomic mass is 10.2. The van der Waals surface area contributed by atoms with Crippen LogP contribution >= 0.6 is 0 Å². The second kappa shape index (κ2) is 8.70. The molecule has 1 amide bonds. The molecule has 0 heterocycles. The third-order valence-corrected chi connectivity index (χ3v) is 2.46. The van der Waals surface area contributed by atoms with Gasteiger partial charge in [-0.1, -0.05) is 6.07 Å². The highest BCUT2D eigenvalue weighted by atomic mass is 19.4. The maximum Gasteiger partial charge on any atom is 0.416 e. The molecule has 0 unspecified atom stereocenters. The second-order valence-electron chi connectivity index (χ2n) is 4.32. The number of esters is 2. The van der Waals surface area contributed by atoms with Crippen LogP contribution in [0.4, 0.5) is 18.9 Å². The van der Waals surface area contributed by atoms with E-state index < -0.39 is 36.2 Å². The maximum absolute atomic E-state index is 12.5. The highest BCUT2D eigenvalue weighted by Crippen LogP contribution is 2.30. The van der Waals surface area contributed by atoms with Gasteiger partial charge in [0.1, 0.15) is 0 Å². The number of carbonyl (C=O) groups excluding carboxylic acids is 3. The van der Waals surface area contributed by atoms with Crippen molar-refractivity contribution in [2.24, 2.45) is 0 Å². The predicted molar refractivity (Wildman–Crippen MR) is 76.8 cm³/mol. The van der Waals surface area contributed by atoms with E-state index in [1.54, 1.807) is 6.92 Å². The topological polar surface area (TPSA) is 81.7 Å². The Hall–Kier alpha value is -2.84. The first kappa shape index (κ1) is 19.2. The number of hydrogen-bond acceptors (Lipinski definition) is 5. The molecule has 0 aliphatic carbocycles. The van der Waals surface area contributed by atoms with Gasteiger partial charge >= 0.3 is 18.1 Å². The lowest BCUT2D eigenvalue weighted by molar-refractivity contribution is -0.143. The highest BCUT2D eigenvalue weighted by molar-refractivity contribution is 5.95. The zero-order valence-corrected chi connectivity index (χ0v) is 12.6. The Bertz CT molecular complexity index is 640. The number of ether oxygens (including phenoxy) is 2. The molecule has 1 aromatic carbocycles. The van der Waals surface area contributed by atoms with Crippen molar-refractivity contribution in [1.29, 1.82) is 0 Å². The Morgan fingerprint density at radius 3 is 2.33 bits per heavy atom. The van der Waals surface area contributed by atoms with Crippen LogP contribution < -0.4 is 5.32 Å². The molecule has 24 heavy (non-hydrogen) atoms. The van der Waals surface area contributed by atoms with Gasteiger partial charge < -0.3 is 14.8 Å². The van der Waals surface area contributed by atoms with Crippen molar-refractivity contribution in [2.45, 2.75) is 13.1 Å². The van der Waals surface area contributed by atoms with E-state index in [4.69, 9.17) is 0 Å². The summed E-state index contributed by atoms with van der Waals surface area (Å²) in [6, 6.07) is 4.00.